The minimum absolute atomic E-state index is 1.21. The van der Waals surface area contributed by atoms with Crippen molar-refractivity contribution in [3.8, 4) is 0 Å². The SMILES string of the molecule is O=C(O)c1[nH]nc(C(F)C(F)(F)F)c1F. The van der Waals surface area contributed by atoms with Crippen molar-refractivity contribution in [2.75, 3.05) is 0 Å². The zero-order valence-corrected chi connectivity index (χ0v) is 6.77. The zero-order chi connectivity index (χ0) is 11.8. The Morgan fingerprint density at radius 3 is 2.33 bits per heavy atom. The van der Waals surface area contributed by atoms with Gasteiger partial charge in [-0.15, -0.1) is 0 Å². The van der Waals surface area contributed by atoms with Gasteiger partial charge in [0, 0.05) is 0 Å². The number of nitrogens with one attached hydrogen (secondary N) is 1. The van der Waals surface area contributed by atoms with E-state index in [0.29, 0.717) is 0 Å². The molecule has 0 bridgehead atoms. The lowest BCUT2D eigenvalue weighted by molar-refractivity contribution is -0.184. The van der Waals surface area contributed by atoms with Crippen molar-refractivity contribution >= 4 is 5.97 Å². The third kappa shape index (κ3) is 2.05. The molecule has 0 aliphatic carbocycles. The van der Waals surface area contributed by atoms with E-state index >= 15 is 0 Å². The highest BCUT2D eigenvalue weighted by Crippen LogP contribution is 2.36. The number of H-pyrrole nitrogens is 1. The standard InChI is InChI=1S/C6H3F5N2O2/c7-1-2(4(8)6(9,10)11)12-13-3(1)5(14)15/h4H,(H,12,13)(H,14,15). The highest BCUT2D eigenvalue weighted by atomic mass is 19.4. The van der Waals surface area contributed by atoms with E-state index in [9.17, 15) is 26.7 Å². The number of hydrogen-bond acceptors (Lipinski definition) is 2. The summed E-state index contributed by atoms with van der Waals surface area (Å²) in [5.74, 6) is -3.71. The van der Waals surface area contributed by atoms with Gasteiger partial charge in [-0.25, -0.2) is 13.6 Å². The fourth-order valence-electron chi connectivity index (χ4n) is 0.807. The van der Waals surface area contributed by atoms with E-state index < -0.39 is 35.5 Å². The van der Waals surface area contributed by atoms with Gasteiger partial charge >= 0.3 is 12.1 Å². The van der Waals surface area contributed by atoms with Crippen molar-refractivity contribution in [3.63, 3.8) is 0 Å². The lowest BCUT2D eigenvalue weighted by Gasteiger charge is -2.08. The number of alkyl halides is 4. The number of halogens is 5. The number of nitrogens with zero attached hydrogens (tertiary/aromatic N) is 1. The summed E-state index contributed by atoms with van der Waals surface area (Å²) in [4.78, 5) is 10.2. The predicted molar refractivity (Wildman–Crippen MR) is 35.4 cm³/mol. The first-order chi connectivity index (χ1) is 6.75. The number of carboxylic acids is 1. The third-order valence-electron chi connectivity index (χ3n) is 1.47. The molecule has 0 saturated carbocycles. The molecule has 0 aromatic carbocycles. The topological polar surface area (TPSA) is 66.0 Å². The van der Waals surface area contributed by atoms with E-state index in [2.05, 4.69) is 5.10 Å². The largest absolute Gasteiger partial charge is 0.476 e. The molecular weight excluding hydrogens is 227 g/mol. The molecule has 0 saturated heterocycles. The summed E-state index contributed by atoms with van der Waals surface area (Å²) in [5, 5.41) is 12.3. The number of aromatic carboxylic acids is 1. The van der Waals surface area contributed by atoms with Crippen molar-refractivity contribution in [2.24, 2.45) is 0 Å². The van der Waals surface area contributed by atoms with Crippen molar-refractivity contribution in [1.29, 1.82) is 0 Å². The van der Waals surface area contributed by atoms with Crippen LogP contribution in [-0.4, -0.2) is 27.4 Å². The Morgan fingerprint density at radius 2 is 2.00 bits per heavy atom. The van der Waals surface area contributed by atoms with Gasteiger partial charge in [0.1, 0.15) is 5.69 Å². The van der Waals surface area contributed by atoms with Crippen molar-refractivity contribution in [2.45, 2.75) is 12.3 Å². The Labute approximate surface area is 78.7 Å². The molecule has 1 atom stereocenters. The first kappa shape index (κ1) is 11.4. The van der Waals surface area contributed by atoms with Crippen LogP contribution in [0.4, 0.5) is 22.0 Å². The Hall–Kier alpha value is -1.67. The van der Waals surface area contributed by atoms with Crippen LogP contribution >= 0.6 is 0 Å². The number of aromatic nitrogens is 2. The molecule has 15 heavy (non-hydrogen) atoms. The molecule has 0 fully saturated rings. The summed E-state index contributed by atoms with van der Waals surface area (Å²) in [6.07, 6.45) is -8.98. The molecule has 1 aromatic heterocycles. The van der Waals surface area contributed by atoms with Crippen LogP contribution in [0.3, 0.4) is 0 Å². The fourth-order valence-corrected chi connectivity index (χ4v) is 0.807. The number of carboxylic acid groups (broad SMARTS) is 1. The van der Waals surface area contributed by atoms with Crippen LogP contribution in [0.25, 0.3) is 0 Å². The van der Waals surface area contributed by atoms with Crippen LogP contribution in [0.15, 0.2) is 0 Å². The lowest BCUT2D eigenvalue weighted by atomic mass is 10.2. The minimum Gasteiger partial charge on any atom is -0.476 e. The van der Waals surface area contributed by atoms with Crippen LogP contribution in [0.2, 0.25) is 0 Å². The van der Waals surface area contributed by atoms with Gasteiger partial charge in [-0.3, -0.25) is 5.10 Å². The molecule has 1 unspecified atom stereocenters. The van der Waals surface area contributed by atoms with Gasteiger partial charge in [0.05, 0.1) is 0 Å². The maximum atomic E-state index is 12.8. The molecule has 4 nitrogen and oxygen atoms in total. The molecule has 2 N–H and O–H groups in total. The van der Waals surface area contributed by atoms with Crippen LogP contribution < -0.4 is 0 Å². The Balaban J connectivity index is 3.12. The summed E-state index contributed by atoms with van der Waals surface area (Å²) < 4.78 is 60.7. The molecule has 0 aliphatic rings. The normalized spacial score (nSPS) is 13.9. The average Bonchev–Trinajstić information content (AvgIpc) is 2.44. The number of aromatic amines is 1. The molecule has 0 amide bonds. The molecule has 0 spiro atoms. The van der Waals surface area contributed by atoms with E-state index in [1.165, 1.54) is 5.10 Å². The summed E-state index contributed by atoms with van der Waals surface area (Å²) in [6, 6.07) is 0. The summed E-state index contributed by atoms with van der Waals surface area (Å²) in [5.41, 5.74) is -2.82. The van der Waals surface area contributed by atoms with Gasteiger partial charge in [0.25, 0.3) is 0 Å². The van der Waals surface area contributed by atoms with Gasteiger partial charge in [-0.2, -0.15) is 18.3 Å². The van der Waals surface area contributed by atoms with Crippen molar-refractivity contribution < 1.29 is 31.9 Å². The second-order valence-corrected chi connectivity index (χ2v) is 2.51. The maximum Gasteiger partial charge on any atom is 0.425 e. The summed E-state index contributed by atoms with van der Waals surface area (Å²) in [7, 11) is 0. The molecule has 1 heterocycles. The van der Waals surface area contributed by atoms with E-state index in [4.69, 9.17) is 5.11 Å². The maximum absolute atomic E-state index is 12.8. The van der Waals surface area contributed by atoms with Crippen LogP contribution in [0.1, 0.15) is 22.4 Å². The molecule has 84 valence electrons. The molecular formula is C6H3F5N2O2. The smallest absolute Gasteiger partial charge is 0.425 e. The van der Waals surface area contributed by atoms with Crippen molar-refractivity contribution in [3.05, 3.63) is 17.2 Å². The van der Waals surface area contributed by atoms with E-state index in [-0.39, 0.29) is 0 Å². The first-order valence-corrected chi connectivity index (χ1v) is 3.43. The van der Waals surface area contributed by atoms with E-state index in [1.807, 2.05) is 0 Å². The third-order valence-corrected chi connectivity index (χ3v) is 1.47. The lowest BCUT2D eigenvalue weighted by Crippen LogP contribution is -2.18. The average molecular weight is 230 g/mol. The highest BCUT2D eigenvalue weighted by molar-refractivity contribution is 5.85. The Morgan fingerprint density at radius 1 is 1.47 bits per heavy atom. The fraction of sp³-hybridized carbons (Fsp3) is 0.333. The van der Waals surface area contributed by atoms with Crippen LogP contribution in [0, 0.1) is 5.82 Å². The van der Waals surface area contributed by atoms with Crippen LogP contribution in [-0.2, 0) is 0 Å². The molecule has 1 aromatic rings. The second-order valence-electron chi connectivity index (χ2n) is 2.51. The number of hydrogen-bond donors (Lipinski definition) is 2. The number of rotatable bonds is 2. The zero-order valence-electron chi connectivity index (χ0n) is 6.77. The van der Waals surface area contributed by atoms with Crippen LogP contribution in [0.5, 0.6) is 0 Å². The van der Waals surface area contributed by atoms with Crippen molar-refractivity contribution in [1.82, 2.24) is 10.2 Å². The monoisotopic (exact) mass is 230 g/mol. The van der Waals surface area contributed by atoms with Gasteiger partial charge in [-0.1, -0.05) is 0 Å². The summed E-state index contributed by atoms with van der Waals surface area (Å²) >= 11 is 0. The van der Waals surface area contributed by atoms with E-state index in [1.54, 1.807) is 0 Å². The quantitative estimate of drug-likeness (QED) is 0.761. The highest BCUT2D eigenvalue weighted by Gasteiger charge is 2.45. The molecule has 9 heteroatoms. The minimum atomic E-state index is -5.33. The second kappa shape index (κ2) is 3.48. The first-order valence-electron chi connectivity index (χ1n) is 3.43. The molecule has 0 aliphatic heterocycles. The predicted octanol–water partition coefficient (Wildman–Crippen LogP) is 1.82. The Bertz CT molecular complexity index is 385. The summed E-state index contributed by atoms with van der Waals surface area (Å²) in [6.45, 7) is 0. The number of carbonyl (C=O) groups is 1. The van der Waals surface area contributed by atoms with Gasteiger partial charge in [-0.05, 0) is 0 Å². The van der Waals surface area contributed by atoms with Gasteiger partial charge in [0.2, 0.25) is 6.17 Å². The molecule has 1 rings (SSSR count). The van der Waals surface area contributed by atoms with E-state index in [0.717, 1.165) is 0 Å². The van der Waals surface area contributed by atoms with Gasteiger partial charge in [0.15, 0.2) is 11.5 Å². The van der Waals surface area contributed by atoms with Gasteiger partial charge < -0.3 is 5.11 Å². The molecule has 0 radical (unpaired) electrons. The Kier molecular flexibility index (Phi) is 2.65.